The van der Waals surface area contributed by atoms with Gasteiger partial charge >= 0.3 is 5.69 Å². The number of nitrogens with zero attached hydrogens (tertiary/aromatic N) is 3. The van der Waals surface area contributed by atoms with Gasteiger partial charge in [-0.1, -0.05) is 43.7 Å². The molecule has 3 N–H and O–H groups in total. The van der Waals surface area contributed by atoms with Crippen molar-refractivity contribution in [1.29, 1.82) is 5.26 Å². The molecule has 188 valence electrons. The van der Waals surface area contributed by atoms with Crippen molar-refractivity contribution >= 4 is 17.4 Å². The summed E-state index contributed by atoms with van der Waals surface area (Å²) in [6, 6.07) is 16.0. The van der Waals surface area contributed by atoms with Crippen LogP contribution in [0.2, 0.25) is 0 Å². The van der Waals surface area contributed by atoms with E-state index in [-0.39, 0.29) is 31.1 Å². The minimum atomic E-state index is -0.769. The first-order valence-corrected chi connectivity index (χ1v) is 11.5. The maximum Gasteiger partial charge on any atom is 0.330 e. The molecule has 0 radical (unpaired) electrons. The molecule has 0 saturated carbocycles. The van der Waals surface area contributed by atoms with Gasteiger partial charge in [-0.25, -0.2) is 4.79 Å². The highest BCUT2D eigenvalue weighted by atomic mass is 16.5. The average Bonchev–Trinajstić information content (AvgIpc) is 2.87. The predicted molar refractivity (Wildman–Crippen MR) is 136 cm³/mol. The van der Waals surface area contributed by atoms with Gasteiger partial charge in [0.05, 0.1) is 26.1 Å². The zero-order chi connectivity index (χ0) is 26.1. The summed E-state index contributed by atoms with van der Waals surface area (Å²) < 4.78 is 12.3. The number of unbranched alkanes of at least 4 members (excludes halogenated alkanes) is 1. The number of carbonyl (C=O) groups is 1. The number of benzene rings is 2. The molecule has 3 rings (SSSR count). The number of carbonyl (C=O) groups excluding carboxylic acids is 1. The molecule has 3 aromatic rings. The standard InChI is InChI=1S/C26H29N5O5/c1-3-4-15-30-24(28)23(25(33)29-26(30)34)31(16-19-7-5-6-8-21(19)35-2)22(32)17-36-20-11-9-18(10-12-20)13-14-27/h5-12H,3-4,13,15-17,28H2,1-2H3,(H,29,33,34). The van der Waals surface area contributed by atoms with E-state index in [1.54, 1.807) is 48.5 Å². The number of anilines is 2. The molecule has 0 saturated heterocycles. The van der Waals surface area contributed by atoms with E-state index in [1.807, 2.05) is 6.92 Å². The molecule has 0 aliphatic carbocycles. The van der Waals surface area contributed by atoms with Gasteiger partial charge in [0.1, 0.15) is 17.3 Å². The molecule has 1 aromatic heterocycles. The number of nitriles is 1. The SMILES string of the molecule is CCCCn1c(N)c(N(Cc2ccccc2OC)C(=O)COc2ccc(CC#N)cc2)c(=O)[nH]c1=O. The van der Waals surface area contributed by atoms with Crippen LogP contribution in [0.1, 0.15) is 30.9 Å². The zero-order valence-electron chi connectivity index (χ0n) is 20.3. The molecule has 0 spiro atoms. The van der Waals surface area contributed by atoms with Crippen molar-refractivity contribution in [2.24, 2.45) is 0 Å². The molecular formula is C26H29N5O5. The Morgan fingerprint density at radius 3 is 2.56 bits per heavy atom. The number of nitrogen functional groups attached to an aromatic ring is 1. The number of aromatic amines is 1. The Kier molecular flexibility index (Phi) is 8.89. The Balaban J connectivity index is 1.98. The molecule has 0 bridgehead atoms. The van der Waals surface area contributed by atoms with E-state index in [0.717, 1.165) is 12.0 Å². The van der Waals surface area contributed by atoms with E-state index in [4.69, 9.17) is 20.5 Å². The molecule has 1 amide bonds. The first-order chi connectivity index (χ1) is 17.4. The molecule has 0 atom stereocenters. The van der Waals surface area contributed by atoms with Crippen LogP contribution in [0.4, 0.5) is 11.5 Å². The van der Waals surface area contributed by atoms with Gasteiger partial charge in [-0.3, -0.25) is 24.0 Å². The summed E-state index contributed by atoms with van der Waals surface area (Å²) in [6.07, 6.45) is 1.74. The smallest absolute Gasteiger partial charge is 0.330 e. The number of nitrogens with two attached hydrogens (primary N) is 1. The highest BCUT2D eigenvalue weighted by Crippen LogP contribution is 2.25. The molecular weight excluding hydrogens is 462 g/mol. The Morgan fingerprint density at radius 1 is 1.17 bits per heavy atom. The van der Waals surface area contributed by atoms with Crippen LogP contribution in [0.5, 0.6) is 11.5 Å². The molecule has 0 unspecified atom stereocenters. The third kappa shape index (κ3) is 6.13. The highest BCUT2D eigenvalue weighted by Gasteiger charge is 2.26. The second-order valence-electron chi connectivity index (χ2n) is 8.06. The lowest BCUT2D eigenvalue weighted by Gasteiger charge is -2.25. The van der Waals surface area contributed by atoms with E-state index in [0.29, 0.717) is 30.0 Å². The predicted octanol–water partition coefficient (Wildman–Crippen LogP) is 2.61. The van der Waals surface area contributed by atoms with Crippen molar-refractivity contribution in [2.45, 2.75) is 39.3 Å². The largest absolute Gasteiger partial charge is 0.496 e. The number of hydrogen-bond acceptors (Lipinski definition) is 7. The van der Waals surface area contributed by atoms with Crippen LogP contribution in [0.15, 0.2) is 58.1 Å². The van der Waals surface area contributed by atoms with Crippen LogP contribution in [0.25, 0.3) is 0 Å². The minimum Gasteiger partial charge on any atom is -0.496 e. The number of nitrogens with one attached hydrogen (secondary N) is 1. The van der Waals surface area contributed by atoms with Gasteiger partial charge in [0.15, 0.2) is 12.3 Å². The lowest BCUT2D eigenvalue weighted by atomic mass is 10.1. The van der Waals surface area contributed by atoms with E-state index < -0.39 is 17.2 Å². The van der Waals surface area contributed by atoms with Gasteiger partial charge in [0.25, 0.3) is 11.5 Å². The van der Waals surface area contributed by atoms with Crippen LogP contribution in [-0.4, -0.2) is 29.2 Å². The van der Waals surface area contributed by atoms with Crippen LogP contribution in [-0.2, 0) is 24.3 Å². The first kappa shape index (κ1) is 26.1. The third-order valence-corrected chi connectivity index (χ3v) is 5.61. The van der Waals surface area contributed by atoms with Crippen molar-refractivity contribution in [3.8, 4) is 17.6 Å². The highest BCUT2D eigenvalue weighted by molar-refractivity contribution is 5.96. The molecule has 2 aromatic carbocycles. The van der Waals surface area contributed by atoms with Gasteiger partial charge in [-0.2, -0.15) is 5.26 Å². The Hall–Kier alpha value is -4.52. The quantitative estimate of drug-likeness (QED) is 0.420. The summed E-state index contributed by atoms with van der Waals surface area (Å²) in [7, 11) is 1.51. The number of para-hydroxylation sites is 1. The van der Waals surface area contributed by atoms with Crippen LogP contribution >= 0.6 is 0 Å². The van der Waals surface area contributed by atoms with Crippen molar-refractivity contribution in [1.82, 2.24) is 9.55 Å². The number of hydrogen-bond donors (Lipinski definition) is 2. The fourth-order valence-electron chi connectivity index (χ4n) is 3.69. The summed E-state index contributed by atoms with van der Waals surface area (Å²) in [5.41, 5.74) is 6.22. The van der Waals surface area contributed by atoms with Crippen LogP contribution < -0.4 is 31.4 Å². The molecule has 0 aliphatic rings. The van der Waals surface area contributed by atoms with Crippen LogP contribution in [0.3, 0.4) is 0 Å². The molecule has 1 heterocycles. The normalized spacial score (nSPS) is 10.5. The van der Waals surface area contributed by atoms with Gasteiger partial charge in [-0.15, -0.1) is 0 Å². The molecule has 0 aliphatic heterocycles. The zero-order valence-corrected chi connectivity index (χ0v) is 20.3. The summed E-state index contributed by atoms with van der Waals surface area (Å²) in [6.45, 7) is 1.84. The summed E-state index contributed by atoms with van der Waals surface area (Å²) in [5.74, 6) is 0.317. The lowest BCUT2D eigenvalue weighted by molar-refractivity contribution is -0.120. The topological polar surface area (TPSA) is 143 Å². The number of rotatable bonds is 11. The first-order valence-electron chi connectivity index (χ1n) is 11.5. The molecule has 0 fully saturated rings. The fourth-order valence-corrected chi connectivity index (χ4v) is 3.69. The number of amides is 1. The van der Waals surface area contributed by atoms with E-state index in [2.05, 4.69) is 11.1 Å². The Labute approximate surface area is 208 Å². The van der Waals surface area contributed by atoms with E-state index >= 15 is 0 Å². The molecule has 10 nitrogen and oxygen atoms in total. The van der Waals surface area contributed by atoms with Crippen molar-refractivity contribution in [3.05, 3.63) is 80.5 Å². The van der Waals surface area contributed by atoms with Gasteiger partial charge in [0, 0.05) is 12.1 Å². The third-order valence-electron chi connectivity index (χ3n) is 5.61. The maximum atomic E-state index is 13.4. The summed E-state index contributed by atoms with van der Waals surface area (Å²) in [4.78, 5) is 42.2. The maximum absolute atomic E-state index is 13.4. The Bertz CT molecular complexity index is 1350. The fraction of sp³-hybridized carbons (Fsp3) is 0.308. The number of H-pyrrole nitrogens is 1. The second-order valence-corrected chi connectivity index (χ2v) is 8.06. The monoisotopic (exact) mass is 491 g/mol. The minimum absolute atomic E-state index is 0.0351. The average molecular weight is 492 g/mol. The van der Waals surface area contributed by atoms with Crippen molar-refractivity contribution < 1.29 is 14.3 Å². The number of aromatic nitrogens is 2. The lowest BCUT2D eigenvalue weighted by Crippen LogP contribution is -2.42. The van der Waals surface area contributed by atoms with Crippen molar-refractivity contribution in [3.63, 3.8) is 0 Å². The van der Waals surface area contributed by atoms with Gasteiger partial charge in [-0.05, 0) is 30.2 Å². The van der Waals surface area contributed by atoms with Crippen LogP contribution in [0, 0.1) is 11.3 Å². The Morgan fingerprint density at radius 2 is 1.89 bits per heavy atom. The van der Waals surface area contributed by atoms with Gasteiger partial charge in [0.2, 0.25) is 0 Å². The number of ether oxygens (including phenoxy) is 2. The molecule has 10 heteroatoms. The summed E-state index contributed by atoms with van der Waals surface area (Å²) in [5, 5.41) is 8.82. The van der Waals surface area contributed by atoms with Crippen molar-refractivity contribution in [2.75, 3.05) is 24.4 Å². The summed E-state index contributed by atoms with van der Waals surface area (Å²) >= 11 is 0. The molecule has 36 heavy (non-hydrogen) atoms. The van der Waals surface area contributed by atoms with Gasteiger partial charge < -0.3 is 15.2 Å². The van der Waals surface area contributed by atoms with E-state index in [1.165, 1.54) is 16.6 Å². The van der Waals surface area contributed by atoms with E-state index in [9.17, 15) is 14.4 Å². The second kappa shape index (κ2) is 12.3. The number of methoxy groups -OCH3 is 1.